The molecule has 2 aromatic heterocycles. The summed E-state index contributed by atoms with van der Waals surface area (Å²) in [6, 6.07) is 9.34. The van der Waals surface area contributed by atoms with Crippen LogP contribution >= 0.6 is 0 Å². The Hall–Kier alpha value is -2.69. The van der Waals surface area contributed by atoms with Crippen LogP contribution in [-0.4, -0.2) is 15.9 Å². The number of amides is 1. The number of hydrogen-bond donors (Lipinski definition) is 1. The van der Waals surface area contributed by atoms with E-state index in [9.17, 15) is 4.79 Å². The average Bonchev–Trinajstić information content (AvgIpc) is 2.93. The van der Waals surface area contributed by atoms with Crippen LogP contribution in [0.4, 0.5) is 5.69 Å². The molecule has 0 aliphatic heterocycles. The first kappa shape index (κ1) is 14.3. The van der Waals surface area contributed by atoms with Crippen LogP contribution < -0.4 is 5.32 Å². The summed E-state index contributed by atoms with van der Waals surface area (Å²) >= 11 is 0. The molecule has 5 heteroatoms. The summed E-state index contributed by atoms with van der Waals surface area (Å²) in [7, 11) is 0. The zero-order valence-corrected chi connectivity index (χ0v) is 12.8. The van der Waals surface area contributed by atoms with Crippen LogP contribution in [0.2, 0.25) is 0 Å². The lowest BCUT2D eigenvalue weighted by atomic mass is 10.1. The van der Waals surface area contributed by atoms with Gasteiger partial charge >= 0.3 is 0 Å². The maximum atomic E-state index is 11.8. The van der Waals surface area contributed by atoms with E-state index in [0.29, 0.717) is 17.1 Å². The van der Waals surface area contributed by atoms with E-state index in [4.69, 9.17) is 4.42 Å². The molecule has 0 aliphatic rings. The number of oxazole rings is 1. The van der Waals surface area contributed by atoms with Gasteiger partial charge in [-0.1, -0.05) is 13.8 Å². The molecule has 112 valence electrons. The molecule has 2 heterocycles. The molecule has 0 radical (unpaired) electrons. The van der Waals surface area contributed by atoms with Gasteiger partial charge in [-0.2, -0.15) is 4.98 Å². The molecular formula is C17H17N3O2. The van der Waals surface area contributed by atoms with Crippen LogP contribution in [0.1, 0.15) is 19.4 Å². The Morgan fingerprint density at radius 3 is 2.77 bits per heavy atom. The SMILES string of the molecule is Cc1cc(-c2nc3ncccc3o2)ccc1NC(=O)C(C)C. The Labute approximate surface area is 128 Å². The number of fused-ring (bicyclic) bond motifs is 1. The third-order valence-corrected chi connectivity index (χ3v) is 3.42. The fourth-order valence-electron chi connectivity index (χ4n) is 2.11. The monoisotopic (exact) mass is 295 g/mol. The van der Waals surface area contributed by atoms with Crippen molar-refractivity contribution in [3.8, 4) is 11.5 Å². The summed E-state index contributed by atoms with van der Waals surface area (Å²) in [6.07, 6.45) is 1.68. The lowest BCUT2D eigenvalue weighted by molar-refractivity contribution is -0.118. The fourth-order valence-corrected chi connectivity index (χ4v) is 2.11. The largest absolute Gasteiger partial charge is 0.434 e. The van der Waals surface area contributed by atoms with Crippen LogP contribution in [0.5, 0.6) is 0 Å². The Kier molecular flexibility index (Phi) is 3.63. The number of carbonyl (C=O) groups excluding carboxylic acids is 1. The van der Waals surface area contributed by atoms with Gasteiger partial charge in [0, 0.05) is 23.4 Å². The van der Waals surface area contributed by atoms with E-state index in [1.165, 1.54) is 0 Å². The van der Waals surface area contributed by atoms with Gasteiger partial charge in [0.25, 0.3) is 0 Å². The van der Waals surface area contributed by atoms with E-state index in [-0.39, 0.29) is 11.8 Å². The zero-order chi connectivity index (χ0) is 15.7. The average molecular weight is 295 g/mol. The standard InChI is InChI=1S/C17H17N3O2/c1-10(2)16(21)19-13-7-6-12(9-11(13)3)17-20-15-14(22-17)5-4-8-18-15/h4-10H,1-3H3,(H,19,21). The van der Waals surface area contributed by atoms with Crippen molar-refractivity contribution < 1.29 is 9.21 Å². The molecule has 1 aromatic carbocycles. The van der Waals surface area contributed by atoms with E-state index in [2.05, 4.69) is 15.3 Å². The molecule has 0 aliphatic carbocycles. The first-order chi connectivity index (χ1) is 10.5. The molecule has 0 unspecified atom stereocenters. The van der Waals surface area contributed by atoms with Crippen molar-refractivity contribution in [3.63, 3.8) is 0 Å². The van der Waals surface area contributed by atoms with Crippen molar-refractivity contribution in [1.82, 2.24) is 9.97 Å². The molecule has 1 amide bonds. The van der Waals surface area contributed by atoms with Crippen molar-refractivity contribution in [2.75, 3.05) is 5.32 Å². The van der Waals surface area contributed by atoms with Gasteiger partial charge in [-0.25, -0.2) is 4.98 Å². The van der Waals surface area contributed by atoms with Gasteiger partial charge in [-0.05, 0) is 42.8 Å². The number of rotatable bonds is 3. The highest BCUT2D eigenvalue weighted by atomic mass is 16.3. The Bertz CT molecular complexity index is 804. The predicted octanol–water partition coefficient (Wildman–Crippen LogP) is 3.79. The molecule has 22 heavy (non-hydrogen) atoms. The number of nitrogens with one attached hydrogen (secondary N) is 1. The van der Waals surface area contributed by atoms with Crippen molar-refractivity contribution in [2.45, 2.75) is 20.8 Å². The van der Waals surface area contributed by atoms with Gasteiger partial charge in [-0.15, -0.1) is 0 Å². The highest BCUT2D eigenvalue weighted by Gasteiger charge is 2.12. The van der Waals surface area contributed by atoms with Crippen molar-refractivity contribution >= 4 is 22.8 Å². The second kappa shape index (κ2) is 5.60. The summed E-state index contributed by atoms with van der Waals surface area (Å²) in [4.78, 5) is 20.3. The number of hydrogen-bond acceptors (Lipinski definition) is 4. The lowest BCUT2D eigenvalue weighted by Crippen LogP contribution is -2.18. The summed E-state index contributed by atoms with van der Waals surface area (Å²) in [5.41, 5.74) is 3.87. The number of carbonyl (C=O) groups is 1. The van der Waals surface area contributed by atoms with Crippen molar-refractivity contribution in [1.29, 1.82) is 0 Å². The Morgan fingerprint density at radius 2 is 2.09 bits per heavy atom. The zero-order valence-electron chi connectivity index (χ0n) is 12.8. The number of pyridine rings is 1. The third-order valence-electron chi connectivity index (χ3n) is 3.42. The van der Waals surface area contributed by atoms with Crippen LogP contribution in [0, 0.1) is 12.8 Å². The maximum Gasteiger partial charge on any atom is 0.228 e. The number of aromatic nitrogens is 2. The fraction of sp³-hybridized carbons (Fsp3) is 0.235. The van der Waals surface area contributed by atoms with Crippen LogP contribution in [-0.2, 0) is 4.79 Å². The third kappa shape index (κ3) is 2.70. The molecule has 3 aromatic rings. The normalized spacial score (nSPS) is 11.1. The minimum Gasteiger partial charge on any atom is -0.434 e. The second-order valence-corrected chi connectivity index (χ2v) is 5.52. The first-order valence-corrected chi connectivity index (χ1v) is 7.18. The van der Waals surface area contributed by atoms with Gasteiger partial charge < -0.3 is 9.73 Å². The smallest absolute Gasteiger partial charge is 0.228 e. The molecule has 5 nitrogen and oxygen atoms in total. The number of benzene rings is 1. The van der Waals surface area contributed by atoms with E-state index >= 15 is 0 Å². The van der Waals surface area contributed by atoms with Crippen molar-refractivity contribution in [3.05, 3.63) is 42.1 Å². The molecule has 0 spiro atoms. The van der Waals surface area contributed by atoms with Gasteiger partial charge in [0.15, 0.2) is 11.2 Å². The van der Waals surface area contributed by atoms with E-state index in [1.807, 2.05) is 51.1 Å². The summed E-state index contributed by atoms with van der Waals surface area (Å²) < 4.78 is 5.71. The summed E-state index contributed by atoms with van der Waals surface area (Å²) in [5, 5.41) is 2.91. The van der Waals surface area contributed by atoms with Crippen molar-refractivity contribution in [2.24, 2.45) is 5.92 Å². The van der Waals surface area contributed by atoms with Crippen LogP contribution in [0.15, 0.2) is 40.9 Å². The van der Waals surface area contributed by atoms with Crippen LogP contribution in [0.25, 0.3) is 22.7 Å². The first-order valence-electron chi connectivity index (χ1n) is 7.18. The van der Waals surface area contributed by atoms with E-state index in [0.717, 1.165) is 16.8 Å². The molecule has 0 atom stereocenters. The summed E-state index contributed by atoms with van der Waals surface area (Å²) in [6.45, 7) is 5.68. The molecule has 3 rings (SSSR count). The minimum atomic E-state index is -0.0535. The number of aryl methyl sites for hydroxylation is 1. The van der Waals surface area contributed by atoms with Crippen LogP contribution in [0.3, 0.4) is 0 Å². The molecule has 0 saturated heterocycles. The van der Waals surface area contributed by atoms with Gasteiger partial charge in [0.05, 0.1) is 0 Å². The quantitative estimate of drug-likeness (QED) is 0.798. The van der Waals surface area contributed by atoms with Gasteiger partial charge in [-0.3, -0.25) is 4.79 Å². The van der Waals surface area contributed by atoms with E-state index in [1.54, 1.807) is 6.20 Å². The number of anilines is 1. The number of nitrogens with zero attached hydrogens (tertiary/aromatic N) is 2. The molecule has 0 fully saturated rings. The second-order valence-electron chi connectivity index (χ2n) is 5.52. The maximum absolute atomic E-state index is 11.8. The van der Waals surface area contributed by atoms with Gasteiger partial charge in [0.1, 0.15) is 0 Å². The summed E-state index contributed by atoms with van der Waals surface area (Å²) in [5.74, 6) is 0.475. The Morgan fingerprint density at radius 1 is 1.27 bits per heavy atom. The minimum absolute atomic E-state index is 0.00177. The van der Waals surface area contributed by atoms with E-state index < -0.39 is 0 Å². The van der Waals surface area contributed by atoms with Gasteiger partial charge in [0.2, 0.25) is 11.8 Å². The molecule has 0 bridgehead atoms. The molecule has 1 N–H and O–H groups in total. The topological polar surface area (TPSA) is 68.0 Å². The Balaban J connectivity index is 1.92. The molecule has 0 saturated carbocycles. The molecular weight excluding hydrogens is 278 g/mol. The predicted molar refractivity (Wildman–Crippen MR) is 85.4 cm³/mol. The highest BCUT2D eigenvalue weighted by molar-refractivity contribution is 5.93. The lowest BCUT2D eigenvalue weighted by Gasteiger charge is -2.11. The highest BCUT2D eigenvalue weighted by Crippen LogP contribution is 2.26.